The number of halogens is 2. The number of nitrogens with zero attached hydrogens (tertiary/aromatic N) is 2. The number of hydrogen-bond donors (Lipinski definition) is 2. The topological polar surface area (TPSA) is 85.2 Å². The van der Waals surface area contributed by atoms with Crippen LogP contribution in [-0.2, 0) is 11.3 Å². The Labute approximate surface area is 160 Å². The van der Waals surface area contributed by atoms with E-state index in [1.54, 1.807) is 13.8 Å². The third-order valence-electron chi connectivity index (χ3n) is 4.57. The second-order valence-electron chi connectivity index (χ2n) is 6.68. The summed E-state index contributed by atoms with van der Waals surface area (Å²) in [5.74, 6) is -1.49. The van der Waals surface area contributed by atoms with E-state index < -0.39 is 29.6 Å². The number of urea groups is 1. The zero-order valence-corrected chi connectivity index (χ0v) is 15.3. The molecule has 0 bridgehead atoms. The Hall–Kier alpha value is -3.47. The van der Waals surface area contributed by atoms with Gasteiger partial charge in [-0.05, 0) is 49.2 Å². The minimum Gasteiger partial charge on any atom is -0.348 e. The van der Waals surface area contributed by atoms with Gasteiger partial charge in [0.15, 0.2) is 0 Å². The summed E-state index contributed by atoms with van der Waals surface area (Å²) >= 11 is 0. The fraction of sp³-hybridized carbons (Fsp3) is 0.250. The number of hydrogen-bond acceptors (Lipinski definition) is 3. The van der Waals surface area contributed by atoms with Gasteiger partial charge in [0.1, 0.15) is 18.2 Å². The molecule has 0 aromatic heterocycles. The van der Waals surface area contributed by atoms with Crippen LogP contribution in [0.3, 0.4) is 0 Å². The molecule has 0 spiro atoms. The molecule has 0 aliphatic carbocycles. The first-order valence-corrected chi connectivity index (χ1v) is 8.62. The molecule has 1 aliphatic heterocycles. The highest BCUT2D eigenvalue weighted by atomic mass is 19.1. The fourth-order valence-electron chi connectivity index (χ4n) is 3.19. The molecular formula is C20H18F2N4O2. The van der Waals surface area contributed by atoms with Crippen molar-refractivity contribution in [2.24, 2.45) is 0 Å². The van der Waals surface area contributed by atoms with Crippen LogP contribution in [0.15, 0.2) is 30.3 Å². The van der Waals surface area contributed by atoms with E-state index in [1.165, 1.54) is 29.2 Å². The van der Waals surface area contributed by atoms with Crippen LogP contribution in [0.4, 0.5) is 19.3 Å². The molecule has 3 amide bonds. The summed E-state index contributed by atoms with van der Waals surface area (Å²) in [4.78, 5) is 25.8. The lowest BCUT2D eigenvalue weighted by Gasteiger charge is -2.30. The maximum atomic E-state index is 14.1. The number of rotatable bonds is 4. The van der Waals surface area contributed by atoms with Gasteiger partial charge in [-0.25, -0.2) is 13.6 Å². The summed E-state index contributed by atoms with van der Waals surface area (Å²) in [5.41, 5.74) is 2.16. The fourth-order valence-corrected chi connectivity index (χ4v) is 3.19. The summed E-state index contributed by atoms with van der Waals surface area (Å²) in [6.07, 6.45) is 0. The number of nitrogens with one attached hydrogen (secondary N) is 2. The number of amides is 3. The normalized spacial score (nSPS) is 14.0. The number of aryl methyl sites for hydroxylation is 1. The monoisotopic (exact) mass is 384 g/mol. The van der Waals surface area contributed by atoms with E-state index in [-0.39, 0.29) is 24.2 Å². The highest BCUT2D eigenvalue weighted by molar-refractivity contribution is 5.95. The molecule has 1 atom stereocenters. The van der Waals surface area contributed by atoms with Gasteiger partial charge in [-0.3, -0.25) is 4.79 Å². The molecule has 2 aromatic rings. The number of carbonyl (C=O) groups is 2. The van der Waals surface area contributed by atoms with E-state index in [9.17, 15) is 18.4 Å². The van der Waals surface area contributed by atoms with Crippen molar-refractivity contribution in [3.63, 3.8) is 0 Å². The quantitative estimate of drug-likeness (QED) is 0.848. The number of carbonyl (C=O) groups excluding carboxylic acids is 2. The molecule has 3 rings (SSSR count). The molecule has 1 aliphatic rings. The van der Waals surface area contributed by atoms with Crippen molar-refractivity contribution in [1.82, 2.24) is 10.2 Å². The van der Waals surface area contributed by atoms with Crippen LogP contribution >= 0.6 is 0 Å². The highest BCUT2D eigenvalue weighted by Gasteiger charge is 2.26. The van der Waals surface area contributed by atoms with Crippen molar-refractivity contribution in [1.29, 1.82) is 5.26 Å². The predicted molar refractivity (Wildman–Crippen MR) is 98.2 cm³/mol. The SMILES string of the molecule is Cc1cc(F)cc2c1NC(=O)N(CC(=O)N[C@@H](C)c1ccc(C#N)cc1F)C2. The average molecular weight is 384 g/mol. The third-order valence-corrected chi connectivity index (χ3v) is 4.57. The summed E-state index contributed by atoms with van der Waals surface area (Å²) < 4.78 is 27.7. The van der Waals surface area contributed by atoms with Gasteiger partial charge >= 0.3 is 6.03 Å². The lowest BCUT2D eigenvalue weighted by Crippen LogP contribution is -2.45. The van der Waals surface area contributed by atoms with Crippen LogP contribution < -0.4 is 10.6 Å². The molecule has 2 N–H and O–H groups in total. The molecule has 0 saturated heterocycles. The minimum absolute atomic E-state index is 0.0901. The second-order valence-corrected chi connectivity index (χ2v) is 6.68. The first kappa shape index (κ1) is 19.3. The summed E-state index contributed by atoms with van der Waals surface area (Å²) in [7, 11) is 0. The maximum absolute atomic E-state index is 14.1. The Bertz CT molecular complexity index is 1000. The van der Waals surface area contributed by atoms with E-state index in [1.807, 2.05) is 6.07 Å². The lowest BCUT2D eigenvalue weighted by molar-refractivity contribution is -0.122. The largest absolute Gasteiger partial charge is 0.348 e. The molecule has 0 radical (unpaired) electrons. The predicted octanol–water partition coefficient (Wildman–Crippen LogP) is 3.37. The van der Waals surface area contributed by atoms with Gasteiger partial charge in [0.25, 0.3) is 0 Å². The molecule has 8 heteroatoms. The maximum Gasteiger partial charge on any atom is 0.322 e. The molecule has 6 nitrogen and oxygen atoms in total. The minimum atomic E-state index is -0.653. The van der Waals surface area contributed by atoms with Crippen LogP contribution in [0.5, 0.6) is 0 Å². The van der Waals surface area contributed by atoms with Gasteiger partial charge in [0, 0.05) is 5.56 Å². The van der Waals surface area contributed by atoms with E-state index >= 15 is 0 Å². The number of anilines is 1. The first-order chi connectivity index (χ1) is 13.3. The summed E-state index contributed by atoms with van der Waals surface area (Å²) in [6.45, 7) is 3.13. The van der Waals surface area contributed by atoms with E-state index in [0.717, 1.165) is 6.07 Å². The number of benzene rings is 2. The standard InChI is InChI=1S/C20H18F2N4O2/c1-11-5-15(21)7-14-9-26(20(28)25-19(11)14)10-18(27)24-12(2)16-4-3-13(8-23)6-17(16)22/h3-7,12H,9-10H2,1-2H3,(H,24,27)(H,25,28)/t12-/m0/s1. The van der Waals surface area contributed by atoms with Crippen molar-refractivity contribution in [2.75, 3.05) is 11.9 Å². The van der Waals surface area contributed by atoms with E-state index in [2.05, 4.69) is 10.6 Å². The smallest absolute Gasteiger partial charge is 0.322 e. The molecule has 28 heavy (non-hydrogen) atoms. The Morgan fingerprint density at radius 3 is 2.79 bits per heavy atom. The van der Waals surface area contributed by atoms with Gasteiger partial charge in [-0.1, -0.05) is 6.07 Å². The van der Waals surface area contributed by atoms with Crippen LogP contribution in [0.2, 0.25) is 0 Å². The number of nitriles is 1. The van der Waals surface area contributed by atoms with E-state index in [4.69, 9.17) is 5.26 Å². The van der Waals surface area contributed by atoms with Gasteiger partial charge in [-0.15, -0.1) is 0 Å². The van der Waals surface area contributed by atoms with Crippen molar-refractivity contribution in [3.05, 3.63) is 64.2 Å². The van der Waals surface area contributed by atoms with Crippen LogP contribution in [-0.4, -0.2) is 23.4 Å². The first-order valence-electron chi connectivity index (χ1n) is 8.62. The van der Waals surface area contributed by atoms with E-state index in [0.29, 0.717) is 16.8 Å². The van der Waals surface area contributed by atoms with Gasteiger partial charge in [-0.2, -0.15) is 5.26 Å². The zero-order valence-electron chi connectivity index (χ0n) is 15.3. The second kappa shape index (κ2) is 7.64. The summed E-state index contributed by atoms with van der Waals surface area (Å²) in [5, 5.41) is 14.1. The number of fused-ring (bicyclic) bond motifs is 1. The van der Waals surface area contributed by atoms with Crippen molar-refractivity contribution in [2.45, 2.75) is 26.4 Å². The van der Waals surface area contributed by atoms with Crippen molar-refractivity contribution < 1.29 is 18.4 Å². The van der Waals surface area contributed by atoms with Crippen molar-refractivity contribution >= 4 is 17.6 Å². The Morgan fingerprint density at radius 2 is 2.11 bits per heavy atom. The van der Waals surface area contributed by atoms with Crippen molar-refractivity contribution in [3.8, 4) is 6.07 Å². The summed E-state index contributed by atoms with van der Waals surface area (Å²) in [6, 6.07) is 7.38. The Kier molecular flexibility index (Phi) is 5.27. The highest BCUT2D eigenvalue weighted by Crippen LogP contribution is 2.28. The average Bonchev–Trinajstić information content (AvgIpc) is 2.62. The lowest BCUT2D eigenvalue weighted by atomic mass is 10.0. The van der Waals surface area contributed by atoms with Gasteiger partial charge < -0.3 is 15.5 Å². The molecule has 0 fully saturated rings. The van der Waals surface area contributed by atoms with Crippen LogP contribution in [0.25, 0.3) is 0 Å². The Morgan fingerprint density at radius 1 is 1.36 bits per heavy atom. The zero-order chi connectivity index (χ0) is 20.4. The molecule has 2 aromatic carbocycles. The van der Waals surface area contributed by atoms with Crippen LogP contribution in [0.1, 0.15) is 35.2 Å². The Balaban J connectivity index is 1.68. The molecule has 0 saturated carbocycles. The van der Waals surface area contributed by atoms with Crippen LogP contribution in [0, 0.1) is 29.9 Å². The molecular weight excluding hydrogens is 366 g/mol. The molecule has 1 heterocycles. The molecule has 144 valence electrons. The van der Waals surface area contributed by atoms with Gasteiger partial charge in [0.2, 0.25) is 5.91 Å². The van der Waals surface area contributed by atoms with Gasteiger partial charge in [0.05, 0.1) is 29.9 Å². The molecule has 0 unspecified atom stereocenters. The third kappa shape index (κ3) is 3.93.